The summed E-state index contributed by atoms with van der Waals surface area (Å²) in [6, 6.07) is 29.2. The molecular formula is C40H49N3O4. The maximum absolute atomic E-state index is 14.8. The van der Waals surface area contributed by atoms with Gasteiger partial charge >= 0.3 is 6.09 Å². The molecule has 3 amide bonds. The molecule has 0 saturated heterocycles. The first kappa shape index (κ1) is 35.2. The minimum atomic E-state index is -0.954. The van der Waals surface area contributed by atoms with Gasteiger partial charge in [-0.05, 0) is 68.1 Å². The molecule has 2 unspecified atom stereocenters. The summed E-state index contributed by atoms with van der Waals surface area (Å²) in [7, 11) is 0. The number of nitrogens with zero attached hydrogens (tertiary/aromatic N) is 1. The van der Waals surface area contributed by atoms with E-state index < -0.39 is 23.8 Å². The van der Waals surface area contributed by atoms with Crippen molar-refractivity contribution in [3.8, 4) is 0 Å². The van der Waals surface area contributed by atoms with E-state index in [1.807, 2.05) is 104 Å². The van der Waals surface area contributed by atoms with Gasteiger partial charge < -0.3 is 20.3 Å². The third kappa shape index (κ3) is 10.7. The number of anilines is 1. The van der Waals surface area contributed by atoms with Gasteiger partial charge in [0.25, 0.3) is 5.91 Å². The van der Waals surface area contributed by atoms with Crippen molar-refractivity contribution in [2.75, 3.05) is 11.9 Å². The number of carbonyl (C=O) groups excluding carboxylic acids is 3. The van der Waals surface area contributed by atoms with E-state index in [9.17, 15) is 14.4 Å². The monoisotopic (exact) mass is 635 g/mol. The van der Waals surface area contributed by atoms with Gasteiger partial charge in [0.1, 0.15) is 17.7 Å². The Morgan fingerprint density at radius 3 is 2.13 bits per heavy atom. The number of benzene rings is 4. The summed E-state index contributed by atoms with van der Waals surface area (Å²) in [6.45, 7) is 9.87. The number of amides is 3. The molecule has 7 nitrogen and oxygen atoms in total. The van der Waals surface area contributed by atoms with Crippen LogP contribution in [0.15, 0.2) is 97.1 Å². The number of hydrogen-bond donors (Lipinski definition) is 2. The number of unbranched alkanes of at least 4 members (excludes halogenated alkanes) is 4. The van der Waals surface area contributed by atoms with Crippen LogP contribution in [0.5, 0.6) is 0 Å². The van der Waals surface area contributed by atoms with Gasteiger partial charge in [0.15, 0.2) is 0 Å². The average Bonchev–Trinajstić information content (AvgIpc) is 3.03. The Morgan fingerprint density at radius 1 is 0.787 bits per heavy atom. The van der Waals surface area contributed by atoms with Crippen LogP contribution in [-0.2, 0) is 20.7 Å². The van der Waals surface area contributed by atoms with E-state index >= 15 is 0 Å². The number of alkyl carbamates (subject to hydrolysis) is 1. The van der Waals surface area contributed by atoms with Crippen molar-refractivity contribution in [3.05, 3.63) is 114 Å². The zero-order valence-electron chi connectivity index (χ0n) is 28.4. The lowest BCUT2D eigenvalue weighted by molar-refractivity contribution is -0.140. The molecule has 2 N–H and O–H groups in total. The highest BCUT2D eigenvalue weighted by Crippen LogP contribution is 2.27. The Balaban J connectivity index is 1.73. The molecule has 0 radical (unpaired) electrons. The Hall–Kier alpha value is -4.65. The van der Waals surface area contributed by atoms with Crippen LogP contribution >= 0.6 is 0 Å². The number of rotatable bonds is 14. The van der Waals surface area contributed by atoms with Crippen LogP contribution in [0.25, 0.3) is 10.8 Å². The highest BCUT2D eigenvalue weighted by atomic mass is 16.6. The molecular weight excluding hydrogens is 586 g/mol. The van der Waals surface area contributed by atoms with Crippen LogP contribution < -0.4 is 10.6 Å². The molecule has 0 bridgehead atoms. The Kier molecular flexibility index (Phi) is 12.6. The molecule has 0 fully saturated rings. The fourth-order valence-corrected chi connectivity index (χ4v) is 5.65. The van der Waals surface area contributed by atoms with Crippen molar-refractivity contribution < 1.29 is 19.1 Å². The first-order valence-corrected chi connectivity index (χ1v) is 16.7. The molecule has 0 aromatic heterocycles. The lowest BCUT2D eigenvalue weighted by Crippen LogP contribution is -2.53. The SMILES string of the molecule is CCCCCCCN(C(=O)C(Cc1ccccc1)NC(=O)OC(C)(C)C)C(C(=O)Nc1ccc2ccccc2c1)c1ccc(C)cc1. The molecule has 0 aliphatic carbocycles. The van der Waals surface area contributed by atoms with Gasteiger partial charge in [-0.15, -0.1) is 0 Å². The van der Waals surface area contributed by atoms with Gasteiger partial charge in [0.2, 0.25) is 5.91 Å². The molecule has 248 valence electrons. The van der Waals surface area contributed by atoms with Crippen molar-refractivity contribution in [2.45, 2.75) is 90.8 Å². The van der Waals surface area contributed by atoms with E-state index in [-0.39, 0.29) is 18.2 Å². The zero-order valence-corrected chi connectivity index (χ0v) is 28.4. The van der Waals surface area contributed by atoms with E-state index in [0.717, 1.165) is 54.0 Å². The van der Waals surface area contributed by atoms with Gasteiger partial charge in [0, 0.05) is 18.7 Å². The van der Waals surface area contributed by atoms with Gasteiger partial charge in [-0.25, -0.2) is 4.79 Å². The lowest BCUT2D eigenvalue weighted by Gasteiger charge is -2.35. The van der Waals surface area contributed by atoms with Crippen molar-refractivity contribution in [1.29, 1.82) is 0 Å². The molecule has 0 aliphatic heterocycles. The first-order valence-electron chi connectivity index (χ1n) is 16.7. The molecule has 2 atom stereocenters. The number of carbonyl (C=O) groups is 3. The largest absolute Gasteiger partial charge is 0.444 e. The van der Waals surface area contributed by atoms with E-state index in [1.54, 1.807) is 25.7 Å². The van der Waals surface area contributed by atoms with Crippen LogP contribution in [0.4, 0.5) is 10.5 Å². The number of aryl methyl sites for hydroxylation is 1. The minimum absolute atomic E-state index is 0.248. The topological polar surface area (TPSA) is 87.7 Å². The van der Waals surface area contributed by atoms with Crippen LogP contribution in [0.2, 0.25) is 0 Å². The third-order valence-electron chi connectivity index (χ3n) is 8.03. The van der Waals surface area contributed by atoms with Gasteiger partial charge in [0.05, 0.1) is 0 Å². The zero-order chi connectivity index (χ0) is 33.8. The average molecular weight is 636 g/mol. The van der Waals surface area contributed by atoms with Crippen LogP contribution in [0.1, 0.15) is 82.5 Å². The molecule has 0 aliphatic rings. The summed E-state index contributed by atoms with van der Waals surface area (Å²) in [6.07, 6.45) is 4.46. The minimum Gasteiger partial charge on any atom is -0.444 e. The molecule has 4 aromatic carbocycles. The van der Waals surface area contributed by atoms with Gasteiger partial charge in [-0.2, -0.15) is 0 Å². The Morgan fingerprint density at radius 2 is 1.45 bits per heavy atom. The van der Waals surface area contributed by atoms with Crippen molar-refractivity contribution in [2.24, 2.45) is 0 Å². The van der Waals surface area contributed by atoms with Crippen LogP contribution in [-0.4, -0.2) is 41.0 Å². The highest BCUT2D eigenvalue weighted by Gasteiger charge is 2.36. The fourth-order valence-electron chi connectivity index (χ4n) is 5.65. The Bertz CT molecular complexity index is 1610. The summed E-state index contributed by atoms with van der Waals surface area (Å²) in [4.78, 5) is 43.9. The van der Waals surface area contributed by atoms with Gasteiger partial charge in [-0.1, -0.05) is 123 Å². The maximum Gasteiger partial charge on any atom is 0.408 e. The van der Waals surface area contributed by atoms with E-state index in [0.29, 0.717) is 17.8 Å². The van der Waals surface area contributed by atoms with Crippen molar-refractivity contribution in [1.82, 2.24) is 10.2 Å². The molecule has 0 spiro atoms. The van der Waals surface area contributed by atoms with E-state index in [1.165, 1.54) is 0 Å². The summed E-state index contributed by atoms with van der Waals surface area (Å²) >= 11 is 0. The lowest BCUT2D eigenvalue weighted by atomic mass is 9.98. The quantitative estimate of drug-likeness (QED) is 0.136. The molecule has 0 heterocycles. The summed E-state index contributed by atoms with van der Waals surface area (Å²) < 4.78 is 5.58. The molecule has 7 heteroatoms. The second-order valence-corrected chi connectivity index (χ2v) is 13.2. The normalized spacial score (nSPS) is 12.6. The van der Waals surface area contributed by atoms with Crippen LogP contribution in [0, 0.1) is 6.92 Å². The second-order valence-electron chi connectivity index (χ2n) is 13.2. The number of nitrogens with one attached hydrogen (secondary N) is 2. The summed E-state index contributed by atoms with van der Waals surface area (Å²) in [5.74, 6) is -0.656. The predicted octanol–water partition coefficient (Wildman–Crippen LogP) is 8.76. The third-order valence-corrected chi connectivity index (χ3v) is 8.03. The molecule has 0 saturated carbocycles. The first-order chi connectivity index (χ1) is 22.5. The van der Waals surface area contributed by atoms with Crippen molar-refractivity contribution in [3.63, 3.8) is 0 Å². The second kappa shape index (κ2) is 16.8. The smallest absolute Gasteiger partial charge is 0.408 e. The van der Waals surface area contributed by atoms with Gasteiger partial charge in [-0.3, -0.25) is 9.59 Å². The predicted molar refractivity (Wildman–Crippen MR) is 190 cm³/mol. The van der Waals surface area contributed by atoms with Crippen LogP contribution in [0.3, 0.4) is 0 Å². The molecule has 4 rings (SSSR count). The summed E-state index contributed by atoms with van der Waals surface area (Å²) in [5, 5.41) is 8.04. The van der Waals surface area contributed by atoms with E-state index in [4.69, 9.17) is 4.74 Å². The molecule has 4 aromatic rings. The van der Waals surface area contributed by atoms with E-state index in [2.05, 4.69) is 17.6 Å². The molecule has 47 heavy (non-hydrogen) atoms. The number of ether oxygens (including phenoxy) is 1. The highest BCUT2D eigenvalue weighted by molar-refractivity contribution is 6.00. The fraction of sp³-hybridized carbons (Fsp3) is 0.375. The number of hydrogen-bond acceptors (Lipinski definition) is 4. The summed E-state index contributed by atoms with van der Waals surface area (Å²) in [5.41, 5.74) is 2.54. The number of fused-ring (bicyclic) bond motifs is 1. The standard InChI is InChI=1S/C40H49N3O4/c1-6-7-8-9-15-26-43(38(45)35(27-30-16-11-10-12-17-30)42-39(46)47-40(3,4)5)36(32-22-20-29(2)21-23-32)37(44)41-34-25-24-31-18-13-14-19-33(31)28-34/h10-14,16-25,28,35-36H,6-9,15,26-27H2,1-5H3,(H,41,44)(H,42,46). The Labute approximate surface area is 279 Å². The van der Waals surface area contributed by atoms with Crippen molar-refractivity contribution >= 4 is 34.4 Å². The maximum atomic E-state index is 14.8.